The van der Waals surface area contributed by atoms with Gasteiger partial charge in [-0.25, -0.2) is 4.98 Å². The zero-order chi connectivity index (χ0) is 26.4. The Morgan fingerprint density at radius 3 is 2.31 bits per heavy atom. The summed E-state index contributed by atoms with van der Waals surface area (Å²) in [5.41, 5.74) is 7.38. The first-order valence-corrected chi connectivity index (χ1v) is 13.8. The van der Waals surface area contributed by atoms with Crippen molar-refractivity contribution in [2.45, 2.75) is 38.7 Å². The van der Waals surface area contributed by atoms with Gasteiger partial charge in [-0.15, -0.1) is 5.10 Å². The molecule has 0 atom stereocenters. The first kappa shape index (κ1) is 25.2. The van der Waals surface area contributed by atoms with Gasteiger partial charge in [0.05, 0.1) is 5.56 Å². The van der Waals surface area contributed by atoms with Crippen molar-refractivity contribution in [3.63, 3.8) is 0 Å². The third-order valence-electron chi connectivity index (χ3n) is 7.75. The molecule has 200 valence electrons. The molecule has 0 amide bonds. The van der Waals surface area contributed by atoms with E-state index >= 15 is 0 Å². The van der Waals surface area contributed by atoms with Crippen LogP contribution in [0.1, 0.15) is 40.7 Å². The van der Waals surface area contributed by atoms with E-state index in [9.17, 15) is 0 Å². The third kappa shape index (κ3) is 5.54. The van der Waals surface area contributed by atoms with E-state index in [1.165, 1.54) is 16.7 Å². The number of aromatic nitrogens is 3. The summed E-state index contributed by atoms with van der Waals surface area (Å²) in [6, 6.07) is 20.5. The van der Waals surface area contributed by atoms with Crippen molar-refractivity contribution in [3.8, 4) is 11.4 Å². The van der Waals surface area contributed by atoms with Crippen LogP contribution in [-0.2, 0) is 30.7 Å². The SMILES string of the molecule is N=C(N=NOCc1ccccc1)c1c2ncnn(N3CCN(CCc4ccccc4)CC3)c-2c2c1CCCC2. The number of nitrogens with zero attached hydrogens (tertiary/aromatic N) is 7. The van der Waals surface area contributed by atoms with Gasteiger partial charge in [-0.2, -0.15) is 4.79 Å². The summed E-state index contributed by atoms with van der Waals surface area (Å²) in [6.07, 6.45) is 6.77. The Hall–Kier alpha value is -4.11. The molecule has 2 aliphatic heterocycles. The number of benzene rings is 2. The third-order valence-corrected chi connectivity index (χ3v) is 7.75. The average Bonchev–Trinajstić information content (AvgIpc) is 3.34. The van der Waals surface area contributed by atoms with Gasteiger partial charge in [0, 0.05) is 38.0 Å². The van der Waals surface area contributed by atoms with Crippen LogP contribution in [0.4, 0.5) is 0 Å². The van der Waals surface area contributed by atoms with Gasteiger partial charge in [-0.3, -0.25) is 15.3 Å². The number of amidine groups is 1. The number of hydrogen-bond donors (Lipinski definition) is 1. The van der Waals surface area contributed by atoms with E-state index in [0.29, 0.717) is 6.61 Å². The maximum absolute atomic E-state index is 8.78. The quantitative estimate of drug-likeness (QED) is 0.157. The normalized spacial score (nSPS) is 16.1. The number of fused-ring (bicyclic) bond motifs is 3. The largest absolute Gasteiger partial charge is 0.374 e. The molecule has 0 spiro atoms. The molecule has 2 aromatic carbocycles. The molecular weight excluding hydrogens is 488 g/mol. The molecule has 0 saturated carbocycles. The number of piperazine rings is 1. The number of nitrogens with one attached hydrogen (secondary N) is 1. The monoisotopic (exact) mass is 522 g/mol. The van der Waals surface area contributed by atoms with Crippen molar-refractivity contribution in [2.75, 3.05) is 37.7 Å². The summed E-state index contributed by atoms with van der Waals surface area (Å²) < 4.78 is 0. The topological polar surface area (TPSA) is 95.0 Å². The molecule has 9 heteroatoms. The Morgan fingerprint density at radius 1 is 0.872 bits per heavy atom. The highest BCUT2D eigenvalue weighted by atomic mass is 16.6. The molecule has 0 aromatic heterocycles. The minimum atomic E-state index is 0.0900. The second kappa shape index (κ2) is 11.7. The standard InChI is InChI=1S/C30H34N8O/c31-30(34-35-39-21-24-11-5-2-6-12-24)27-25-13-7-8-14-26(25)29-28(27)32-22-33-38(29)37-19-17-36(18-20-37)16-15-23-9-3-1-4-10-23/h1-6,9-12,22,31H,7-8,13-21H2. The Labute approximate surface area is 228 Å². The van der Waals surface area contributed by atoms with E-state index in [0.717, 1.165) is 87.3 Å². The highest BCUT2D eigenvalue weighted by Crippen LogP contribution is 2.39. The number of hydrogen-bond acceptors (Lipinski definition) is 7. The first-order chi connectivity index (χ1) is 19.3. The van der Waals surface area contributed by atoms with Gasteiger partial charge in [-0.1, -0.05) is 65.8 Å². The van der Waals surface area contributed by atoms with Gasteiger partial charge in [0.15, 0.2) is 5.84 Å². The number of rotatable bonds is 8. The molecular formula is C30H34N8O. The van der Waals surface area contributed by atoms with Crippen LogP contribution in [0.2, 0.25) is 0 Å². The Balaban J connectivity index is 1.17. The van der Waals surface area contributed by atoms with Crippen LogP contribution < -0.4 is 5.01 Å². The molecule has 1 saturated heterocycles. The molecule has 0 unspecified atom stereocenters. The van der Waals surface area contributed by atoms with E-state index < -0.39 is 0 Å². The zero-order valence-electron chi connectivity index (χ0n) is 22.2. The molecule has 0 bridgehead atoms. The fraction of sp³-hybridized carbons (Fsp3) is 0.367. The lowest BCUT2D eigenvalue weighted by molar-refractivity contribution is 0.113. The summed E-state index contributed by atoms with van der Waals surface area (Å²) in [7, 11) is 0. The van der Waals surface area contributed by atoms with Crippen LogP contribution in [0.15, 0.2) is 77.4 Å². The van der Waals surface area contributed by atoms with Crippen LogP contribution in [0.25, 0.3) is 11.4 Å². The maximum atomic E-state index is 8.78. The van der Waals surface area contributed by atoms with Crippen molar-refractivity contribution in [1.82, 2.24) is 19.8 Å². The lowest BCUT2D eigenvalue weighted by Gasteiger charge is -2.37. The van der Waals surface area contributed by atoms with Gasteiger partial charge in [0.2, 0.25) is 0 Å². The molecule has 2 heterocycles. The second-order valence-corrected chi connectivity index (χ2v) is 10.2. The Morgan fingerprint density at radius 2 is 1.56 bits per heavy atom. The molecule has 4 aliphatic rings. The molecule has 6 rings (SSSR count). The predicted octanol–water partition coefficient (Wildman–Crippen LogP) is 4.67. The lowest BCUT2D eigenvalue weighted by atomic mass is 9.93. The van der Waals surface area contributed by atoms with E-state index in [4.69, 9.17) is 15.3 Å². The molecule has 2 aromatic rings. The van der Waals surface area contributed by atoms with E-state index in [1.807, 2.05) is 35.1 Å². The minimum absolute atomic E-state index is 0.0900. The van der Waals surface area contributed by atoms with Gasteiger partial charge in [0.25, 0.3) is 0 Å². The molecule has 0 radical (unpaired) electrons. The average molecular weight is 523 g/mol. The van der Waals surface area contributed by atoms with Crippen LogP contribution in [-0.4, -0.2) is 58.3 Å². The first-order valence-electron chi connectivity index (χ1n) is 13.8. The van der Waals surface area contributed by atoms with Crippen LogP contribution in [0, 0.1) is 5.41 Å². The van der Waals surface area contributed by atoms with Crippen LogP contribution in [0.3, 0.4) is 0 Å². The molecule has 1 N–H and O–H groups in total. The fourth-order valence-corrected chi connectivity index (χ4v) is 5.73. The minimum Gasteiger partial charge on any atom is -0.374 e. The molecule has 2 aliphatic carbocycles. The zero-order valence-corrected chi connectivity index (χ0v) is 22.2. The van der Waals surface area contributed by atoms with Crippen molar-refractivity contribution in [3.05, 3.63) is 94.8 Å². The predicted molar refractivity (Wildman–Crippen MR) is 151 cm³/mol. The summed E-state index contributed by atoms with van der Waals surface area (Å²) in [5.74, 6) is 0.0900. The second-order valence-electron chi connectivity index (χ2n) is 10.2. The highest BCUT2D eigenvalue weighted by Gasteiger charge is 2.33. The van der Waals surface area contributed by atoms with Gasteiger partial charge >= 0.3 is 0 Å². The smallest absolute Gasteiger partial charge is 0.180 e. The summed E-state index contributed by atoms with van der Waals surface area (Å²) in [4.78, 5) is 14.6. The van der Waals surface area contributed by atoms with Gasteiger partial charge in [-0.05, 0) is 54.4 Å². The van der Waals surface area contributed by atoms with E-state index in [2.05, 4.69) is 55.6 Å². The lowest BCUT2D eigenvalue weighted by Crippen LogP contribution is -2.52. The van der Waals surface area contributed by atoms with Crippen molar-refractivity contribution >= 4 is 5.84 Å². The molecule has 1 fully saturated rings. The van der Waals surface area contributed by atoms with Crippen LogP contribution in [0.5, 0.6) is 0 Å². The Kier molecular flexibility index (Phi) is 7.58. The summed E-state index contributed by atoms with van der Waals surface area (Å²) in [6.45, 7) is 5.15. The van der Waals surface area contributed by atoms with Gasteiger partial charge in [0.1, 0.15) is 24.3 Å². The summed E-state index contributed by atoms with van der Waals surface area (Å²) >= 11 is 0. The van der Waals surface area contributed by atoms with Crippen molar-refractivity contribution in [1.29, 1.82) is 5.41 Å². The van der Waals surface area contributed by atoms with Crippen molar-refractivity contribution < 1.29 is 4.84 Å². The van der Waals surface area contributed by atoms with Gasteiger partial charge < -0.3 is 4.84 Å². The maximum Gasteiger partial charge on any atom is 0.180 e. The fourth-order valence-electron chi connectivity index (χ4n) is 5.73. The van der Waals surface area contributed by atoms with E-state index in [-0.39, 0.29) is 5.84 Å². The van der Waals surface area contributed by atoms with E-state index in [1.54, 1.807) is 6.33 Å². The Bertz CT molecular complexity index is 1390. The van der Waals surface area contributed by atoms with Crippen molar-refractivity contribution in [2.24, 2.45) is 10.4 Å². The summed E-state index contributed by atoms with van der Waals surface area (Å²) in [5, 5.41) is 23.8. The van der Waals surface area contributed by atoms with Crippen LogP contribution >= 0.6 is 0 Å². The molecule has 39 heavy (non-hydrogen) atoms. The highest BCUT2D eigenvalue weighted by molar-refractivity contribution is 6.05. The molecule has 9 nitrogen and oxygen atoms in total.